The van der Waals surface area contributed by atoms with Crippen LogP contribution < -0.4 is 0 Å². The molecule has 0 radical (unpaired) electrons. The smallest absolute Gasteiger partial charge is 0.276 e. The van der Waals surface area contributed by atoms with Gasteiger partial charge in [0.25, 0.3) is 5.71 Å². The Hall–Kier alpha value is -1.58. The first-order valence-corrected chi connectivity index (χ1v) is 2.83. The van der Waals surface area contributed by atoms with E-state index in [1.54, 1.807) is 12.3 Å². The van der Waals surface area contributed by atoms with Crippen LogP contribution in [0.2, 0.25) is 0 Å². The van der Waals surface area contributed by atoms with Crippen molar-refractivity contribution in [3.8, 4) is 0 Å². The molecule has 50 valence electrons. The molecule has 2 heterocycles. The maximum atomic E-state index is 4.76. The Morgan fingerprint density at radius 3 is 3.40 bits per heavy atom. The molecule has 0 atom stereocenters. The molecule has 2 rings (SSSR count). The van der Waals surface area contributed by atoms with Crippen LogP contribution in [-0.2, 0) is 0 Å². The molecule has 10 heavy (non-hydrogen) atoms. The maximum Gasteiger partial charge on any atom is 0.276 e. The van der Waals surface area contributed by atoms with Crippen LogP contribution in [-0.4, -0.2) is 15.4 Å². The number of hydrogen-bond donors (Lipinski definition) is 1. The van der Waals surface area contributed by atoms with E-state index in [2.05, 4.69) is 21.9 Å². The minimum atomic E-state index is 0.523. The quantitative estimate of drug-likeness (QED) is 0.639. The number of rotatable bonds is 1. The van der Waals surface area contributed by atoms with Crippen molar-refractivity contribution in [2.24, 2.45) is 0 Å². The lowest BCUT2D eigenvalue weighted by Gasteiger charge is -1.76. The molecule has 4 heteroatoms. The summed E-state index contributed by atoms with van der Waals surface area (Å²) in [5.74, 6) is 0. The van der Waals surface area contributed by atoms with Gasteiger partial charge in [-0.3, -0.25) is 5.10 Å². The van der Waals surface area contributed by atoms with E-state index >= 15 is 0 Å². The van der Waals surface area contributed by atoms with Crippen LogP contribution in [0.15, 0.2) is 17.3 Å². The zero-order valence-electron chi connectivity index (χ0n) is 5.16. The van der Waals surface area contributed by atoms with Gasteiger partial charge in [0, 0.05) is 0 Å². The number of nitrogens with zero attached hydrogens (tertiary/aromatic N) is 2. The molecule has 0 spiro atoms. The molecule has 0 amide bonds. The van der Waals surface area contributed by atoms with Crippen LogP contribution in [0, 0.1) is 0 Å². The summed E-state index contributed by atoms with van der Waals surface area (Å²) < 4.78 is 4.76. The highest BCUT2D eigenvalue weighted by atomic mass is 16.5. The highest BCUT2D eigenvalue weighted by Crippen LogP contribution is 2.14. The lowest BCUT2D eigenvalue weighted by atomic mass is 10.3. The number of H-pyrrole nitrogens is 1. The van der Waals surface area contributed by atoms with Gasteiger partial charge in [-0.15, -0.1) is 5.10 Å². The summed E-state index contributed by atoms with van der Waals surface area (Å²) in [5, 5.41) is 11.0. The van der Waals surface area contributed by atoms with E-state index in [0.29, 0.717) is 5.71 Å². The summed E-state index contributed by atoms with van der Waals surface area (Å²) in [5.41, 5.74) is 1.37. The van der Waals surface area contributed by atoms with Crippen molar-refractivity contribution in [3.63, 3.8) is 0 Å². The lowest BCUT2D eigenvalue weighted by molar-refractivity contribution is 0.446. The Bertz CT molecular complexity index is 360. The van der Waals surface area contributed by atoms with Crippen molar-refractivity contribution in [3.05, 3.63) is 18.5 Å². The molecule has 2 aromatic rings. The second-order valence-electron chi connectivity index (χ2n) is 1.89. The van der Waals surface area contributed by atoms with E-state index in [9.17, 15) is 0 Å². The van der Waals surface area contributed by atoms with Crippen molar-refractivity contribution < 1.29 is 4.52 Å². The van der Waals surface area contributed by atoms with Crippen LogP contribution in [0.25, 0.3) is 17.2 Å². The highest BCUT2D eigenvalue weighted by Gasteiger charge is 2.04. The predicted octanol–water partition coefficient (Wildman–Crippen LogP) is 1.19. The molecule has 0 aliphatic heterocycles. The Labute approximate surface area is 56.5 Å². The summed E-state index contributed by atoms with van der Waals surface area (Å²) in [6.07, 6.45) is 3.28. The van der Waals surface area contributed by atoms with Crippen LogP contribution in [0.1, 0.15) is 5.69 Å². The third-order valence-corrected chi connectivity index (χ3v) is 1.32. The Balaban J connectivity index is 2.88. The summed E-state index contributed by atoms with van der Waals surface area (Å²) in [6, 6.07) is 0. The van der Waals surface area contributed by atoms with Crippen LogP contribution >= 0.6 is 0 Å². The molecular weight excluding hydrogens is 130 g/mol. The first-order valence-electron chi connectivity index (χ1n) is 2.83. The number of aromatic amines is 1. The lowest BCUT2D eigenvalue weighted by Crippen LogP contribution is -1.69. The van der Waals surface area contributed by atoms with Crippen molar-refractivity contribution >= 4 is 17.2 Å². The SMILES string of the molecule is C=Cc1[nH]nc2oncc12. The van der Waals surface area contributed by atoms with Crippen LogP contribution in [0.3, 0.4) is 0 Å². The molecule has 0 unspecified atom stereocenters. The largest absolute Gasteiger partial charge is 0.334 e. The zero-order chi connectivity index (χ0) is 6.97. The van der Waals surface area contributed by atoms with E-state index in [0.717, 1.165) is 11.1 Å². The topological polar surface area (TPSA) is 54.7 Å². The van der Waals surface area contributed by atoms with E-state index in [-0.39, 0.29) is 0 Å². The molecule has 0 aliphatic carbocycles. The molecule has 0 saturated heterocycles. The minimum Gasteiger partial charge on any atom is -0.334 e. The fraction of sp³-hybridized carbons (Fsp3) is 0. The average molecular weight is 135 g/mol. The fourth-order valence-electron chi connectivity index (χ4n) is 0.826. The molecule has 2 aromatic heterocycles. The standard InChI is InChI=1S/C6H5N3O/c1-2-5-4-3-7-10-6(4)9-8-5/h2-3H,1H2,(H,8,9). The van der Waals surface area contributed by atoms with Gasteiger partial charge < -0.3 is 4.52 Å². The zero-order valence-corrected chi connectivity index (χ0v) is 5.16. The van der Waals surface area contributed by atoms with E-state index in [4.69, 9.17) is 4.52 Å². The van der Waals surface area contributed by atoms with Crippen LogP contribution in [0.4, 0.5) is 0 Å². The maximum absolute atomic E-state index is 4.76. The van der Waals surface area contributed by atoms with Gasteiger partial charge in [0.05, 0.1) is 17.3 Å². The van der Waals surface area contributed by atoms with Gasteiger partial charge in [-0.1, -0.05) is 11.7 Å². The summed E-state index contributed by atoms with van der Waals surface area (Å²) in [4.78, 5) is 0. The van der Waals surface area contributed by atoms with Crippen molar-refractivity contribution in [2.75, 3.05) is 0 Å². The predicted molar refractivity (Wildman–Crippen MR) is 36.2 cm³/mol. The summed E-state index contributed by atoms with van der Waals surface area (Å²) in [6.45, 7) is 3.59. The first-order chi connectivity index (χ1) is 4.92. The number of nitrogens with one attached hydrogen (secondary N) is 1. The van der Waals surface area contributed by atoms with E-state index in [1.807, 2.05) is 0 Å². The number of fused-ring (bicyclic) bond motifs is 1. The molecule has 0 bridgehead atoms. The van der Waals surface area contributed by atoms with E-state index in [1.165, 1.54) is 0 Å². The number of aromatic nitrogens is 3. The van der Waals surface area contributed by atoms with Crippen LogP contribution in [0.5, 0.6) is 0 Å². The van der Waals surface area contributed by atoms with Gasteiger partial charge in [-0.05, 0) is 6.08 Å². The average Bonchev–Trinajstić information content (AvgIpc) is 2.44. The molecule has 0 fully saturated rings. The monoisotopic (exact) mass is 135 g/mol. The third kappa shape index (κ3) is 0.500. The molecule has 4 nitrogen and oxygen atoms in total. The molecule has 0 aromatic carbocycles. The Morgan fingerprint density at radius 1 is 1.70 bits per heavy atom. The van der Waals surface area contributed by atoms with Gasteiger partial charge in [-0.2, -0.15) is 0 Å². The first kappa shape index (κ1) is 5.22. The van der Waals surface area contributed by atoms with Crippen molar-refractivity contribution in [1.82, 2.24) is 15.4 Å². The second-order valence-corrected chi connectivity index (χ2v) is 1.89. The Kier molecular flexibility index (Phi) is 0.887. The number of hydrogen-bond acceptors (Lipinski definition) is 3. The highest BCUT2D eigenvalue weighted by molar-refractivity contribution is 5.81. The molecule has 0 aliphatic rings. The van der Waals surface area contributed by atoms with Gasteiger partial charge in [-0.25, -0.2) is 0 Å². The Morgan fingerprint density at radius 2 is 2.60 bits per heavy atom. The fourth-order valence-corrected chi connectivity index (χ4v) is 0.826. The van der Waals surface area contributed by atoms with Gasteiger partial charge in [0.15, 0.2) is 0 Å². The molecule has 0 saturated carbocycles. The normalized spacial score (nSPS) is 10.4. The van der Waals surface area contributed by atoms with Crippen molar-refractivity contribution in [1.29, 1.82) is 0 Å². The van der Waals surface area contributed by atoms with Gasteiger partial charge in [0.1, 0.15) is 0 Å². The summed E-state index contributed by atoms with van der Waals surface area (Å²) >= 11 is 0. The third-order valence-electron chi connectivity index (χ3n) is 1.32. The second kappa shape index (κ2) is 1.70. The van der Waals surface area contributed by atoms with E-state index < -0.39 is 0 Å². The molecular formula is C6H5N3O. The minimum absolute atomic E-state index is 0.523. The van der Waals surface area contributed by atoms with Gasteiger partial charge >= 0.3 is 0 Å². The van der Waals surface area contributed by atoms with Gasteiger partial charge in [0.2, 0.25) is 0 Å². The van der Waals surface area contributed by atoms with Crippen molar-refractivity contribution in [2.45, 2.75) is 0 Å². The summed E-state index contributed by atoms with van der Waals surface area (Å²) in [7, 11) is 0. The molecule has 1 N–H and O–H groups in total.